The summed E-state index contributed by atoms with van der Waals surface area (Å²) in [5.74, 6) is 0.0123. The quantitative estimate of drug-likeness (QED) is 0.678. The fraction of sp³-hybridized carbons (Fsp3) is 0.923. The third kappa shape index (κ3) is 3.96. The maximum absolute atomic E-state index is 11.1. The molecule has 17 heavy (non-hydrogen) atoms. The summed E-state index contributed by atoms with van der Waals surface area (Å²) in [5, 5.41) is 7.19. The molecule has 0 spiro atoms. The predicted octanol–water partition coefficient (Wildman–Crippen LogP) is 0.762. The minimum Gasteiger partial charge on any atom is -0.369 e. The van der Waals surface area contributed by atoms with Gasteiger partial charge >= 0.3 is 0 Å². The van der Waals surface area contributed by atoms with Gasteiger partial charge in [-0.2, -0.15) is 0 Å². The molecule has 1 aliphatic heterocycles. The first kappa shape index (κ1) is 12.8. The fourth-order valence-electron chi connectivity index (χ4n) is 2.99. The van der Waals surface area contributed by atoms with E-state index in [1.54, 1.807) is 0 Å². The molecule has 2 rings (SSSR count). The molecule has 1 unspecified atom stereocenters. The molecule has 1 saturated heterocycles. The molecule has 1 heterocycles. The molecule has 0 aromatic carbocycles. The van der Waals surface area contributed by atoms with Gasteiger partial charge in [0, 0.05) is 24.5 Å². The number of hydrogen-bond donors (Lipinski definition) is 3. The van der Waals surface area contributed by atoms with E-state index in [2.05, 4.69) is 10.6 Å². The lowest BCUT2D eigenvalue weighted by Crippen LogP contribution is -2.46. The van der Waals surface area contributed by atoms with E-state index in [1.807, 2.05) is 0 Å². The van der Waals surface area contributed by atoms with E-state index < -0.39 is 0 Å². The molecule has 0 aromatic rings. The maximum Gasteiger partial charge on any atom is 0.220 e. The van der Waals surface area contributed by atoms with Crippen LogP contribution in [0.4, 0.5) is 0 Å². The van der Waals surface area contributed by atoms with E-state index in [0.717, 1.165) is 32.2 Å². The third-order valence-electron chi connectivity index (χ3n) is 4.19. The second kappa shape index (κ2) is 6.36. The molecule has 4 nitrogen and oxygen atoms in total. The number of piperidine rings is 1. The number of carbonyl (C=O) groups is 1. The van der Waals surface area contributed by atoms with Crippen LogP contribution in [0.3, 0.4) is 0 Å². The summed E-state index contributed by atoms with van der Waals surface area (Å²) in [4.78, 5) is 11.1. The van der Waals surface area contributed by atoms with Gasteiger partial charge in [-0.25, -0.2) is 0 Å². The van der Waals surface area contributed by atoms with Gasteiger partial charge in [0.05, 0.1) is 0 Å². The zero-order valence-corrected chi connectivity index (χ0v) is 10.6. The van der Waals surface area contributed by atoms with Gasteiger partial charge in [-0.15, -0.1) is 0 Å². The summed E-state index contributed by atoms with van der Waals surface area (Å²) in [6.07, 6.45) is 8.09. The normalized spacial score (nSPS) is 34.5. The summed E-state index contributed by atoms with van der Waals surface area (Å²) in [5.41, 5.74) is 5.33. The van der Waals surface area contributed by atoms with Gasteiger partial charge in [-0.1, -0.05) is 6.42 Å². The van der Waals surface area contributed by atoms with Crippen molar-refractivity contribution < 1.29 is 4.79 Å². The zero-order chi connectivity index (χ0) is 12.1. The van der Waals surface area contributed by atoms with E-state index in [4.69, 9.17) is 5.73 Å². The number of primary amides is 1. The van der Waals surface area contributed by atoms with Gasteiger partial charge in [0.2, 0.25) is 5.91 Å². The van der Waals surface area contributed by atoms with Crippen LogP contribution in [-0.4, -0.2) is 31.1 Å². The Bertz CT molecular complexity index is 243. The van der Waals surface area contributed by atoms with Gasteiger partial charge in [-0.05, 0) is 45.1 Å². The molecule has 4 N–H and O–H groups in total. The molecule has 1 atom stereocenters. The Morgan fingerprint density at radius 3 is 2.53 bits per heavy atom. The SMILES string of the molecule is NC(=O)C1CCC(NCC2CCCCN2)CC1. The third-order valence-corrected chi connectivity index (χ3v) is 4.19. The van der Waals surface area contributed by atoms with Gasteiger partial charge in [0.15, 0.2) is 0 Å². The molecule has 1 saturated carbocycles. The lowest BCUT2D eigenvalue weighted by molar-refractivity contribution is -0.122. The Labute approximate surface area is 104 Å². The summed E-state index contributed by atoms with van der Waals surface area (Å²) in [7, 11) is 0. The molecule has 0 bridgehead atoms. The second-order valence-corrected chi connectivity index (χ2v) is 5.51. The molecular weight excluding hydrogens is 214 g/mol. The lowest BCUT2D eigenvalue weighted by Gasteiger charge is -2.30. The minimum absolute atomic E-state index is 0.114. The monoisotopic (exact) mass is 239 g/mol. The Balaban J connectivity index is 1.62. The molecule has 98 valence electrons. The van der Waals surface area contributed by atoms with E-state index in [1.165, 1.54) is 25.8 Å². The number of amides is 1. The largest absolute Gasteiger partial charge is 0.369 e. The van der Waals surface area contributed by atoms with Crippen molar-refractivity contribution in [3.05, 3.63) is 0 Å². The maximum atomic E-state index is 11.1. The second-order valence-electron chi connectivity index (χ2n) is 5.51. The van der Waals surface area contributed by atoms with Crippen LogP contribution in [-0.2, 0) is 4.79 Å². The Kier molecular flexibility index (Phi) is 4.80. The topological polar surface area (TPSA) is 67.2 Å². The molecule has 0 aromatic heterocycles. The Morgan fingerprint density at radius 2 is 1.94 bits per heavy atom. The smallest absolute Gasteiger partial charge is 0.220 e. The lowest BCUT2D eigenvalue weighted by atomic mass is 9.85. The number of carbonyl (C=O) groups excluding carboxylic acids is 1. The highest BCUT2D eigenvalue weighted by Gasteiger charge is 2.24. The highest BCUT2D eigenvalue weighted by molar-refractivity contribution is 5.76. The minimum atomic E-state index is -0.114. The van der Waals surface area contributed by atoms with E-state index in [9.17, 15) is 4.79 Å². The highest BCUT2D eigenvalue weighted by Crippen LogP contribution is 2.23. The van der Waals surface area contributed by atoms with Crippen molar-refractivity contribution in [1.29, 1.82) is 0 Å². The van der Waals surface area contributed by atoms with Crippen LogP contribution in [0.15, 0.2) is 0 Å². The van der Waals surface area contributed by atoms with E-state index in [0.29, 0.717) is 12.1 Å². The number of nitrogens with two attached hydrogens (primary N) is 1. The standard InChI is InChI=1S/C13H25N3O/c14-13(17)10-4-6-11(7-5-10)16-9-12-3-1-2-8-15-12/h10-12,15-16H,1-9H2,(H2,14,17). The van der Waals surface area contributed by atoms with Crippen LogP contribution in [0.5, 0.6) is 0 Å². The Hall–Kier alpha value is -0.610. The highest BCUT2D eigenvalue weighted by atomic mass is 16.1. The summed E-state index contributed by atoms with van der Waals surface area (Å²) in [6, 6.07) is 1.24. The van der Waals surface area contributed by atoms with E-state index in [-0.39, 0.29) is 11.8 Å². The van der Waals surface area contributed by atoms with Crippen molar-refractivity contribution >= 4 is 5.91 Å². The first-order valence-corrected chi connectivity index (χ1v) is 7.02. The zero-order valence-electron chi connectivity index (χ0n) is 10.6. The van der Waals surface area contributed by atoms with Crippen LogP contribution in [0.2, 0.25) is 0 Å². The van der Waals surface area contributed by atoms with Crippen LogP contribution >= 0.6 is 0 Å². The van der Waals surface area contributed by atoms with Crippen molar-refractivity contribution in [1.82, 2.24) is 10.6 Å². The number of rotatable bonds is 4. The van der Waals surface area contributed by atoms with Crippen molar-refractivity contribution in [2.24, 2.45) is 11.7 Å². The molecule has 0 radical (unpaired) electrons. The average Bonchev–Trinajstić information content (AvgIpc) is 2.38. The van der Waals surface area contributed by atoms with Gasteiger partial charge < -0.3 is 16.4 Å². The molecule has 1 aliphatic carbocycles. The van der Waals surface area contributed by atoms with Gasteiger partial charge in [0.1, 0.15) is 0 Å². The van der Waals surface area contributed by atoms with Crippen LogP contribution in [0.25, 0.3) is 0 Å². The summed E-state index contributed by atoms with van der Waals surface area (Å²) >= 11 is 0. The average molecular weight is 239 g/mol. The first-order chi connectivity index (χ1) is 8.25. The van der Waals surface area contributed by atoms with Crippen molar-refractivity contribution in [2.45, 2.75) is 57.0 Å². The first-order valence-electron chi connectivity index (χ1n) is 7.02. The fourth-order valence-corrected chi connectivity index (χ4v) is 2.99. The van der Waals surface area contributed by atoms with Crippen molar-refractivity contribution in [3.8, 4) is 0 Å². The van der Waals surface area contributed by atoms with Crippen molar-refractivity contribution in [3.63, 3.8) is 0 Å². The Morgan fingerprint density at radius 1 is 1.18 bits per heavy atom. The van der Waals surface area contributed by atoms with Crippen LogP contribution < -0.4 is 16.4 Å². The molecule has 2 fully saturated rings. The molecular formula is C13H25N3O. The van der Waals surface area contributed by atoms with Crippen molar-refractivity contribution in [2.75, 3.05) is 13.1 Å². The molecule has 1 amide bonds. The number of nitrogens with one attached hydrogen (secondary N) is 2. The van der Waals surface area contributed by atoms with Gasteiger partial charge in [-0.3, -0.25) is 4.79 Å². The molecule has 4 heteroatoms. The van der Waals surface area contributed by atoms with Crippen LogP contribution in [0.1, 0.15) is 44.9 Å². The summed E-state index contributed by atoms with van der Waals surface area (Å²) < 4.78 is 0. The van der Waals surface area contributed by atoms with Gasteiger partial charge in [0.25, 0.3) is 0 Å². The predicted molar refractivity (Wildman–Crippen MR) is 68.6 cm³/mol. The van der Waals surface area contributed by atoms with Crippen LogP contribution in [0, 0.1) is 5.92 Å². The molecule has 2 aliphatic rings. The summed E-state index contributed by atoms with van der Waals surface area (Å²) in [6.45, 7) is 2.24. The van der Waals surface area contributed by atoms with E-state index >= 15 is 0 Å². The number of hydrogen-bond acceptors (Lipinski definition) is 3.